The summed E-state index contributed by atoms with van der Waals surface area (Å²) in [5.41, 5.74) is 3.32. The lowest BCUT2D eigenvalue weighted by Crippen LogP contribution is -2.31. The Balaban J connectivity index is 1.11. The lowest BCUT2D eigenvalue weighted by Gasteiger charge is -2.34. The summed E-state index contributed by atoms with van der Waals surface area (Å²) in [6.45, 7) is 18.3. The van der Waals surface area contributed by atoms with Gasteiger partial charge in [-0.1, -0.05) is 56.9 Å². The third kappa shape index (κ3) is 14.2. The summed E-state index contributed by atoms with van der Waals surface area (Å²) in [6, 6.07) is 0. The molecule has 8 unspecified atom stereocenters. The molecule has 0 aromatic rings. The van der Waals surface area contributed by atoms with Crippen molar-refractivity contribution >= 4 is 17.9 Å². The van der Waals surface area contributed by atoms with Crippen LogP contribution in [0.4, 0.5) is 0 Å². The van der Waals surface area contributed by atoms with Crippen molar-refractivity contribution in [3.8, 4) is 0 Å². The maximum absolute atomic E-state index is 12.8. The molecule has 1 saturated heterocycles. The van der Waals surface area contributed by atoms with Crippen LogP contribution in [0.15, 0.2) is 23.3 Å². The Bertz CT molecular complexity index is 1350. The Kier molecular flexibility index (Phi) is 19.8. The number of rotatable bonds is 25. The van der Waals surface area contributed by atoms with Gasteiger partial charge in [0.05, 0.1) is 19.6 Å². The minimum absolute atomic E-state index is 0.0632. The Morgan fingerprint density at radius 1 is 0.776 bits per heavy atom. The number of unbranched alkanes of at least 4 members (excludes halogenated alkanes) is 3. The van der Waals surface area contributed by atoms with Crippen molar-refractivity contribution < 1.29 is 38.1 Å². The number of hydrogen-bond donors (Lipinski definition) is 0. The van der Waals surface area contributed by atoms with Gasteiger partial charge in [0.25, 0.3) is 0 Å². The van der Waals surface area contributed by atoms with Gasteiger partial charge in [-0.3, -0.25) is 14.4 Å². The van der Waals surface area contributed by atoms with Crippen LogP contribution in [0.2, 0.25) is 0 Å². The van der Waals surface area contributed by atoms with E-state index in [4.69, 9.17) is 23.7 Å². The number of fused-ring (bicyclic) bond motifs is 1. The molecule has 0 aromatic heterocycles. The number of carbonyl (C=O) groups is 3. The van der Waals surface area contributed by atoms with Crippen LogP contribution in [-0.4, -0.2) is 81.8 Å². The second-order valence-corrected chi connectivity index (χ2v) is 19.7. The van der Waals surface area contributed by atoms with E-state index in [1.54, 1.807) is 0 Å². The van der Waals surface area contributed by atoms with Crippen LogP contribution < -0.4 is 0 Å². The van der Waals surface area contributed by atoms with E-state index in [1.807, 2.05) is 14.1 Å². The molecule has 0 amide bonds. The van der Waals surface area contributed by atoms with E-state index in [1.165, 1.54) is 24.0 Å². The van der Waals surface area contributed by atoms with Crippen LogP contribution in [0.5, 0.6) is 0 Å². The second-order valence-electron chi connectivity index (χ2n) is 19.7. The van der Waals surface area contributed by atoms with Crippen LogP contribution in [0.1, 0.15) is 170 Å². The van der Waals surface area contributed by atoms with Crippen LogP contribution >= 0.6 is 0 Å². The van der Waals surface area contributed by atoms with Gasteiger partial charge in [0, 0.05) is 31.3 Å². The van der Waals surface area contributed by atoms with Crippen LogP contribution in [0, 0.1) is 40.4 Å². The third-order valence-corrected chi connectivity index (χ3v) is 14.7. The Morgan fingerprint density at radius 2 is 1.47 bits per heavy atom. The first-order chi connectivity index (χ1) is 27.6. The Morgan fingerprint density at radius 3 is 2.14 bits per heavy atom. The Labute approximate surface area is 353 Å². The molecule has 0 spiro atoms. The molecular weight excluding hydrogens is 731 g/mol. The quantitative estimate of drug-likeness (QED) is 0.0386. The molecule has 10 atom stereocenters. The standard InChI is InChI=1S/C49H83NO8/c1-35(2)17-14-18-38-28-32-56-47(55-31-27-37(5)41(38)24-23-36(3)4)26-25-44(51)54-30-13-11-10-12-19-40(57-45(52)22-16-29-50(8)9)20-15-21-46(53)58-43-34-39-33-42-48(39,6)49(42,43)7/h17,23,37-43,47H,10-16,18-22,24-34H2,1-9H3/t37?,38?,39?,40?,41?,42-,43+,47?,48?,49?/m0/s1. The molecule has 0 N–H and O–H groups in total. The fourth-order valence-electron chi connectivity index (χ4n) is 10.8. The van der Waals surface area contributed by atoms with Crippen LogP contribution in [0.3, 0.4) is 0 Å². The van der Waals surface area contributed by atoms with Crippen molar-refractivity contribution in [2.24, 2.45) is 40.4 Å². The zero-order chi connectivity index (χ0) is 42.3. The van der Waals surface area contributed by atoms with Crippen molar-refractivity contribution in [3.05, 3.63) is 23.3 Å². The van der Waals surface area contributed by atoms with Crippen molar-refractivity contribution in [1.29, 1.82) is 0 Å². The van der Waals surface area contributed by atoms with Crippen molar-refractivity contribution in [2.75, 3.05) is 40.5 Å². The SMILES string of the molecule is CC(C)=CCCC1CCOC(CCC(=O)OCCCCCCC(CCCC(=O)O[C@@H]2CC3C[C@H]4C3(C)C24C)OC(=O)CCCN(C)C)OCCC(C)C1CC=C(C)C. The molecule has 9 heteroatoms. The van der Waals surface area contributed by atoms with E-state index in [-0.39, 0.29) is 48.2 Å². The van der Waals surface area contributed by atoms with E-state index in [0.717, 1.165) is 89.0 Å². The average Bonchev–Trinajstić information content (AvgIpc) is 3.47. The normalized spacial score (nSPS) is 30.7. The largest absolute Gasteiger partial charge is 0.466 e. The van der Waals surface area contributed by atoms with Crippen molar-refractivity contribution in [1.82, 2.24) is 4.90 Å². The highest BCUT2D eigenvalue weighted by atomic mass is 16.7. The van der Waals surface area contributed by atoms with E-state index in [9.17, 15) is 14.4 Å². The van der Waals surface area contributed by atoms with Gasteiger partial charge in [-0.2, -0.15) is 0 Å². The minimum atomic E-state index is -0.386. The smallest absolute Gasteiger partial charge is 0.306 e. The van der Waals surface area contributed by atoms with E-state index in [2.05, 4.69) is 65.5 Å². The first-order valence-corrected chi connectivity index (χ1v) is 23.3. The summed E-state index contributed by atoms with van der Waals surface area (Å²) in [5, 5.41) is 0. The summed E-state index contributed by atoms with van der Waals surface area (Å²) in [6.07, 6.45) is 19.9. The summed E-state index contributed by atoms with van der Waals surface area (Å²) in [5.74, 6) is 2.72. The molecule has 332 valence electrons. The van der Waals surface area contributed by atoms with Gasteiger partial charge >= 0.3 is 17.9 Å². The Hall–Kier alpha value is -2.23. The fraction of sp³-hybridized carbons (Fsp3) is 0.857. The molecule has 3 saturated carbocycles. The molecule has 4 fully saturated rings. The van der Waals surface area contributed by atoms with Crippen molar-refractivity contribution in [2.45, 2.75) is 189 Å². The predicted octanol–water partition coefficient (Wildman–Crippen LogP) is 10.8. The summed E-state index contributed by atoms with van der Waals surface area (Å²) < 4.78 is 30.0. The molecule has 0 bridgehead atoms. The van der Waals surface area contributed by atoms with Gasteiger partial charge in [-0.05, 0) is 167 Å². The number of ether oxygens (including phenoxy) is 5. The van der Waals surface area contributed by atoms with E-state index < -0.39 is 0 Å². The molecule has 58 heavy (non-hydrogen) atoms. The highest BCUT2D eigenvalue weighted by Gasteiger charge is 2.87. The summed E-state index contributed by atoms with van der Waals surface area (Å²) in [4.78, 5) is 40.3. The van der Waals surface area contributed by atoms with E-state index in [0.29, 0.717) is 75.1 Å². The lowest BCUT2D eigenvalue weighted by molar-refractivity contribution is -0.164. The van der Waals surface area contributed by atoms with Crippen LogP contribution in [0.25, 0.3) is 0 Å². The third-order valence-electron chi connectivity index (χ3n) is 14.7. The average molecular weight is 814 g/mol. The molecular formula is C49H83NO8. The number of esters is 3. The highest BCUT2D eigenvalue weighted by Crippen LogP contribution is 2.89. The zero-order valence-corrected chi connectivity index (χ0v) is 38.3. The van der Waals surface area contributed by atoms with Crippen LogP contribution in [-0.2, 0) is 38.1 Å². The molecule has 3 aliphatic carbocycles. The van der Waals surface area contributed by atoms with Gasteiger partial charge in [0.15, 0.2) is 6.29 Å². The van der Waals surface area contributed by atoms with Crippen molar-refractivity contribution in [3.63, 3.8) is 0 Å². The molecule has 4 rings (SSSR count). The number of nitrogens with zero attached hydrogens (tertiary/aromatic N) is 1. The molecule has 9 nitrogen and oxygen atoms in total. The van der Waals surface area contributed by atoms with Gasteiger partial charge in [-0.25, -0.2) is 0 Å². The van der Waals surface area contributed by atoms with Gasteiger partial charge in [0.2, 0.25) is 0 Å². The summed E-state index contributed by atoms with van der Waals surface area (Å²) in [7, 11) is 4.00. The fourth-order valence-corrected chi connectivity index (χ4v) is 10.8. The topological polar surface area (TPSA) is 101 Å². The van der Waals surface area contributed by atoms with E-state index >= 15 is 0 Å². The van der Waals surface area contributed by atoms with Gasteiger partial charge in [0.1, 0.15) is 12.2 Å². The first kappa shape index (κ1) is 48.4. The monoisotopic (exact) mass is 814 g/mol. The lowest BCUT2D eigenvalue weighted by atomic mass is 9.73. The minimum Gasteiger partial charge on any atom is -0.466 e. The highest BCUT2D eigenvalue weighted by molar-refractivity contribution is 5.70. The molecule has 1 aliphatic heterocycles. The zero-order valence-electron chi connectivity index (χ0n) is 38.3. The first-order valence-electron chi connectivity index (χ1n) is 23.3. The molecule has 0 aromatic carbocycles. The molecule has 4 aliphatic rings. The number of allylic oxidation sites excluding steroid dienone is 4. The summed E-state index contributed by atoms with van der Waals surface area (Å²) >= 11 is 0. The maximum Gasteiger partial charge on any atom is 0.306 e. The number of carbonyl (C=O) groups excluding carboxylic acids is 3. The van der Waals surface area contributed by atoms with Gasteiger partial charge < -0.3 is 28.6 Å². The predicted molar refractivity (Wildman–Crippen MR) is 231 cm³/mol. The molecule has 1 heterocycles. The molecule has 0 radical (unpaired) electrons. The maximum atomic E-state index is 12.8. The van der Waals surface area contributed by atoms with Gasteiger partial charge in [-0.15, -0.1) is 0 Å². The second kappa shape index (κ2) is 23.7. The number of hydrogen-bond acceptors (Lipinski definition) is 9.